The fourth-order valence-electron chi connectivity index (χ4n) is 6.18. The van der Waals surface area contributed by atoms with Gasteiger partial charge in [-0.1, -0.05) is 61.5 Å². The predicted octanol–water partition coefficient (Wildman–Crippen LogP) is 5.33. The van der Waals surface area contributed by atoms with Gasteiger partial charge in [0.15, 0.2) is 0 Å². The molecule has 4 heteroatoms. The van der Waals surface area contributed by atoms with Crippen molar-refractivity contribution >= 4 is 33.4 Å². The van der Waals surface area contributed by atoms with E-state index in [1.54, 1.807) is 0 Å². The van der Waals surface area contributed by atoms with E-state index < -0.39 is 11.3 Å². The Labute approximate surface area is 183 Å². The van der Waals surface area contributed by atoms with Crippen molar-refractivity contribution in [3.63, 3.8) is 0 Å². The molecule has 0 unspecified atom stereocenters. The maximum absolute atomic E-state index is 13.9. The highest BCUT2D eigenvalue weighted by molar-refractivity contribution is 9.10. The molecule has 7 rings (SSSR count). The van der Waals surface area contributed by atoms with Crippen LogP contribution in [0.15, 0.2) is 71.2 Å². The lowest BCUT2D eigenvalue weighted by Crippen LogP contribution is -2.51. The lowest BCUT2D eigenvalue weighted by molar-refractivity contribution is -0.123. The summed E-state index contributed by atoms with van der Waals surface area (Å²) in [6.45, 7) is 4.15. The second-order valence-electron chi connectivity index (χ2n) is 8.82. The number of carbonyl (C=O) groups excluding carboxylic acids is 2. The summed E-state index contributed by atoms with van der Waals surface area (Å²) in [6, 6.07) is 22.5. The van der Waals surface area contributed by atoms with Gasteiger partial charge in [0.2, 0.25) is 11.8 Å². The van der Waals surface area contributed by atoms with Crippen LogP contribution in [-0.4, -0.2) is 11.8 Å². The van der Waals surface area contributed by atoms with Crippen LogP contribution in [0, 0.1) is 18.8 Å². The number of nitrogens with zero attached hydrogens (tertiary/aromatic N) is 1. The average molecular weight is 458 g/mol. The van der Waals surface area contributed by atoms with Gasteiger partial charge >= 0.3 is 0 Å². The smallest absolute Gasteiger partial charge is 0.238 e. The zero-order valence-electron chi connectivity index (χ0n) is 16.7. The van der Waals surface area contributed by atoms with E-state index >= 15 is 0 Å². The summed E-state index contributed by atoms with van der Waals surface area (Å²) in [5, 5.41) is 0. The van der Waals surface area contributed by atoms with Gasteiger partial charge in [0.25, 0.3) is 0 Å². The quantitative estimate of drug-likeness (QED) is 0.463. The van der Waals surface area contributed by atoms with Gasteiger partial charge < -0.3 is 0 Å². The summed E-state index contributed by atoms with van der Waals surface area (Å²) >= 11 is 3.58. The van der Waals surface area contributed by atoms with Crippen molar-refractivity contribution in [3.05, 3.63) is 99.0 Å². The van der Waals surface area contributed by atoms with Crippen LogP contribution in [0.2, 0.25) is 0 Å². The molecule has 3 aliphatic carbocycles. The zero-order chi connectivity index (χ0) is 20.8. The summed E-state index contributed by atoms with van der Waals surface area (Å²) in [5.41, 5.74) is 5.93. The van der Waals surface area contributed by atoms with Crippen molar-refractivity contribution < 1.29 is 9.59 Å². The number of hydrogen-bond donors (Lipinski definition) is 0. The summed E-state index contributed by atoms with van der Waals surface area (Å²) in [6.07, 6.45) is 0. The van der Waals surface area contributed by atoms with Crippen LogP contribution in [0.5, 0.6) is 0 Å². The third-order valence-corrected chi connectivity index (χ3v) is 8.02. The van der Waals surface area contributed by atoms with Crippen LogP contribution >= 0.6 is 15.9 Å². The predicted molar refractivity (Wildman–Crippen MR) is 120 cm³/mol. The van der Waals surface area contributed by atoms with Crippen LogP contribution in [-0.2, 0) is 15.0 Å². The maximum Gasteiger partial charge on any atom is 0.238 e. The average Bonchev–Trinajstić information content (AvgIpc) is 3.01. The summed E-state index contributed by atoms with van der Waals surface area (Å²) < 4.78 is 0.773. The number of amides is 2. The second kappa shape index (κ2) is 5.92. The number of hydrogen-bond acceptors (Lipinski definition) is 2. The normalized spacial score (nSPS) is 28.4. The molecule has 1 fully saturated rings. The SMILES string of the molecule is Cc1ccc(N2C(=O)[C@@H]3C4c5ccccc5C(C)(c5ccccc54)[C@@H]3C2=O)c(Br)c1. The van der Waals surface area contributed by atoms with E-state index in [1.807, 2.05) is 49.4 Å². The largest absolute Gasteiger partial charge is 0.274 e. The molecule has 1 heterocycles. The summed E-state index contributed by atoms with van der Waals surface area (Å²) in [5.74, 6) is -1.04. The Kier molecular flexibility index (Phi) is 3.57. The zero-order valence-corrected chi connectivity index (χ0v) is 18.3. The molecule has 3 aromatic carbocycles. The molecule has 2 atom stereocenters. The third-order valence-electron chi connectivity index (χ3n) is 7.39. The van der Waals surface area contributed by atoms with Crippen molar-refractivity contribution in [2.75, 3.05) is 4.90 Å². The van der Waals surface area contributed by atoms with E-state index in [-0.39, 0.29) is 23.7 Å². The molecule has 30 heavy (non-hydrogen) atoms. The first kappa shape index (κ1) is 18.1. The van der Waals surface area contributed by atoms with Crippen LogP contribution in [0.3, 0.4) is 0 Å². The third kappa shape index (κ3) is 2.00. The van der Waals surface area contributed by atoms with Gasteiger partial charge in [0.1, 0.15) is 0 Å². The second-order valence-corrected chi connectivity index (χ2v) is 9.68. The number of rotatable bonds is 1. The Hall–Kier alpha value is -2.72. The van der Waals surface area contributed by atoms with Gasteiger partial charge in [-0.15, -0.1) is 0 Å². The Balaban J connectivity index is 1.62. The van der Waals surface area contributed by atoms with Crippen molar-refractivity contribution in [1.82, 2.24) is 0 Å². The molecule has 3 aromatic rings. The number of halogens is 1. The Morgan fingerprint density at radius 1 is 0.867 bits per heavy atom. The topological polar surface area (TPSA) is 37.4 Å². The van der Waals surface area contributed by atoms with E-state index in [2.05, 4.69) is 47.1 Å². The molecule has 1 aliphatic heterocycles. The standard InChI is InChI=1S/C26H20BrNO2/c1-14-11-12-20(19(27)13-14)28-24(29)22-21-15-7-3-5-9-17(15)26(2,23(22)25(28)30)18-10-6-4-8-16(18)21/h3-13,21-23H,1-2H3/t21?,22-,23+,26?/m1/s1. The minimum atomic E-state index is -0.523. The first-order valence-electron chi connectivity index (χ1n) is 10.3. The molecule has 0 radical (unpaired) electrons. The fraction of sp³-hybridized carbons (Fsp3) is 0.231. The molecule has 0 N–H and O–H groups in total. The number of carbonyl (C=O) groups is 2. The lowest BCUT2D eigenvalue weighted by atomic mass is 9.48. The molecular formula is C26H20BrNO2. The van der Waals surface area contributed by atoms with Crippen LogP contribution < -0.4 is 4.90 Å². The first-order valence-corrected chi connectivity index (χ1v) is 11.1. The van der Waals surface area contributed by atoms with Gasteiger partial charge in [-0.3, -0.25) is 9.59 Å². The number of imide groups is 1. The molecule has 148 valence electrons. The summed E-state index contributed by atoms with van der Waals surface area (Å²) in [7, 11) is 0. The highest BCUT2D eigenvalue weighted by Crippen LogP contribution is 2.64. The van der Waals surface area contributed by atoms with Gasteiger partial charge in [-0.05, 0) is 62.8 Å². The van der Waals surface area contributed by atoms with Crippen molar-refractivity contribution in [2.24, 2.45) is 11.8 Å². The van der Waals surface area contributed by atoms with Crippen molar-refractivity contribution in [1.29, 1.82) is 0 Å². The maximum atomic E-state index is 13.9. The molecule has 2 bridgehead atoms. The van der Waals surface area contributed by atoms with Crippen LogP contribution in [0.1, 0.15) is 40.7 Å². The molecule has 0 saturated carbocycles. The van der Waals surface area contributed by atoms with Gasteiger partial charge in [0.05, 0.1) is 17.5 Å². The Morgan fingerprint density at radius 2 is 1.47 bits per heavy atom. The van der Waals surface area contributed by atoms with Crippen molar-refractivity contribution in [2.45, 2.75) is 25.2 Å². The van der Waals surface area contributed by atoms with Crippen molar-refractivity contribution in [3.8, 4) is 0 Å². The van der Waals surface area contributed by atoms with Crippen LogP contribution in [0.4, 0.5) is 5.69 Å². The Bertz CT molecular complexity index is 1220. The Morgan fingerprint density at radius 3 is 2.07 bits per heavy atom. The van der Waals surface area contributed by atoms with E-state index in [1.165, 1.54) is 27.2 Å². The number of benzene rings is 3. The number of anilines is 1. The summed E-state index contributed by atoms with van der Waals surface area (Å²) in [4.78, 5) is 29.1. The molecule has 2 amide bonds. The minimum Gasteiger partial charge on any atom is -0.274 e. The van der Waals surface area contributed by atoms with E-state index in [0.717, 1.165) is 10.0 Å². The van der Waals surface area contributed by atoms with Crippen LogP contribution in [0.25, 0.3) is 0 Å². The van der Waals surface area contributed by atoms with E-state index in [0.29, 0.717) is 5.69 Å². The highest BCUT2D eigenvalue weighted by atomic mass is 79.9. The monoisotopic (exact) mass is 457 g/mol. The first-order chi connectivity index (χ1) is 14.4. The molecule has 1 saturated heterocycles. The number of aryl methyl sites for hydroxylation is 1. The van der Waals surface area contributed by atoms with E-state index in [4.69, 9.17) is 0 Å². The molecule has 4 aliphatic rings. The molecule has 3 nitrogen and oxygen atoms in total. The fourth-order valence-corrected chi connectivity index (χ4v) is 6.85. The van der Waals surface area contributed by atoms with Gasteiger partial charge in [0, 0.05) is 15.8 Å². The van der Waals surface area contributed by atoms with Gasteiger partial charge in [-0.25, -0.2) is 4.90 Å². The molecular weight excluding hydrogens is 438 g/mol. The van der Waals surface area contributed by atoms with Gasteiger partial charge in [-0.2, -0.15) is 0 Å². The van der Waals surface area contributed by atoms with E-state index in [9.17, 15) is 9.59 Å². The minimum absolute atomic E-state index is 0.0881. The molecule has 0 aromatic heterocycles. The molecule has 0 spiro atoms. The lowest BCUT2D eigenvalue weighted by Gasteiger charge is -2.52. The highest BCUT2D eigenvalue weighted by Gasteiger charge is 2.66.